The molecule has 1 N–H and O–H groups in total. The zero-order valence-electron chi connectivity index (χ0n) is 9.95. The van der Waals surface area contributed by atoms with Crippen molar-refractivity contribution in [1.29, 1.82) is 0 Å². The van der Waals surface area contributed by atoms with Gasteiger partial charge in [-0.1, -0.05) is 0 Å². The van der Waals surface area contributed by atoms with Crippen molar-refractivity contribution in [2.24, 2.45) is 0 Å². The third-order valence-corrected chi connectivity index (χ3v) is 2.17. The van der Waals surface area contributed by atoms with E-state index in [0.29, 0.717) is 30.0 Å². The normalized spacial score (nSPS) is 9.24. The molecular formula is C13H15NO3. The van der Waals surface area contributed by atoms with Crippen LogP contribution in [0, 0.1) is 12.3 Å². The van der Waals surface area contributed by atoms with Crippen molar-refractivity contribution in [1.82, 2.24) is 5.32 Å². The molecule has 0 aliphatic rings. The van der Waals surface area contributed by atoms with Gasteiger partial charge in [-0.05, 0) is 12.1 Å². The number of hydrogen-bond acceptors (Lipinski definition) is 3. The highest BCUT2D eigenvalue weighted by molar-refractivity contribution is 5.95. The Morgan fingerprint density at radius 3 is 2.35 bits per heavy atom. The standard InChI is InChI=1S/C13H15NO3/c1-4-5-6-14-13(15)10-7-11(16-2)9-12(8-10)17-3/h1,7-9H,5-6H2,2-3H3,(H,14,15). The Morgan fingerprint density at radius 1 is 1.29 bits per heavy atom. The van der Waals surface area contributed by atoms with Gasteiger partial charge in [-0.25, -0.2) is 0 Å². The number of terminal acetylenes is 1. The lowest BCUT2D eigenvalue weighted by atomic mass is 10.2. The summed E-state index contributed by atoms with van der Waals surface area (Å²) in [6.45, 7) is 0.453. The van der Waals surface area contributed by atoms with Crippen molar-refractivity contribution in [3.8, 4) is 23.8 Å². The number of ether oxygens (including phenoxy) is 2. The summed E-state index contributed by atoms with van der Waals surface area (Å²) in [6.07, 6.45) is 5.61. The summed E-state index contributed by atoms with van der Waals surface area (Å²) in [5.74, 6) is 3.41. The minimum atomic E-state index is -0.197. The SMILES string of the molecule is C#CCCNC(=O)c1cc(OC)cc(OC)c1. The first-order valence-corrected chi connectivity index (χ1v) is 5.16. The lowest BCUT2D eigenvalue weighted by molar-refractivity contribution is 0.0954. The highest BCUT2D eigenvalue weighted by atomic mass is 16.5. The van der Waals surface area contributed by atoms with Crippen molar-refractivity contribution < 1.29 is 14.3 Å². The predicted molar refractivity (Wildman–Crippen MR) is 65.3 cm³/mol. The van der Waals surface area contributed by atoms with Gasteiger partial charge in [0.1, 0.15) is 11.5 Å². The van der Waals surface area contributed by atoms with Crippen LogP contribution in [0.5, 0.6) is 11.5 Å². The van der Waals surface area contributed by atoms with Crippen LogP contribution < -0.4 is 14.8 Å². The maximum absolute atomic E-state index is 11.8. The molecule has 1 aromatic carbocycles. The Hall–Kier alpha value is -2.15. The molecule has 4 nitrogen and oxygen atoms in total. The third kappa shape index (κ3) is 3.72. The molecule has 1 aromatic rings. The van der Waals surface area contributed by atoms with Gasteiger partial charge in [-0.2, -0.15) is 0 Å². The zero-order valence-corrected chi connectivity index (χ0v) is 9.95. The van der Waals surface area contributed by atoms with Crippen LogP contribution >= 0.6 is 0 Å². The Bertz CT molecular complexity index is 413. The smallest absolute Gasteiger partial charge is 0.251 e. The first-order chi connectivity index (χ1) is 8.21. The average molecular weight is 233 g/mol. The van der Waals surface area contributed by atoms with E-state index in [1.54, 1.807) is 18.2 Å². The zero-order chi connectivity index (χ0) is 12.7. The van der Waals surface area contributed by atoms with Crippen LogP contribution in [0.2, 0.25) is 0 Å². The van der Waals surface area contributed by atoms with Crippen molar-refractivity contribution in [3.63, 3.8) is 0 Å². The highest BCUT2D eigenvalue weighted by Gasteiger charge is 2.08. The van der Waals surface area contributed by atoms with E-state index in [1.165, 1.54) is 14.2 Å². The number of hydrogen-bond donors (Lipinski definition) is 1. The molecule has 0 unspecified atom stereocenters. The van der Waals surface area contributed by atoms with Crippen LogP contribution in [0.25, 0.3) is 0 Å². The molecule has 0 saturated carbocycles. The van der Waals surface area contributed by atoms with E-state index in [4.69, 9.17) is 15.9 Å². The van der Waals surface area contributed by atoms with Gasteiger partial charge >= 0.3 is 0 Å². The maximum Gasteiger partial charge on any atom is 0.251 e. The van der Waals surface area contributed by atoms with E-state index in [2.05, 4.69) is 11.2 Å². The Kier molecular flexibility index (Phi) is 4.89. The molecule has 1 amide bonds. The van der Waals surface area contributed by atoms with Gasteiger partial charge in [-0.3, -0.25) is 4.79 Å². The molecule has 0 aliphatic heterocycles. The fourth-order valence-electron chi connectivity index (χ4n) is 1.29. The monoisotopic (exact) mass is 233 g/mol. The van der Waals surface area contributed by atoms with E-state index < -0.39 is 0 Å². The van der Waals surface area contributed by atoms with E-state index in [-0.39, 0.29) is 5.91 Å². The Balaban J connectivity index is 2.82. The second-order valence-electron chi connectivity index (χ2n) is 3.31. The second-order valence-corrected chi connectivity index (χ2v) is 3.31. The van der Waals surface area contributed by atoms with E-state index in [9.17, 15) is 4.79 Å². The van der Waals surface area contributed by atoms with Crippen LogP contribution in [0.4, 0.5) is 0 Å². The van der Waals surface area contributed by atoms with Gasteiger partial charge in [0.25, 0.3) is 5.91 Å². The molecule has 0 aliphatic carbocycles. The third-order valence-electron chi connectivity index (χ3n) is 2.17. The number of benzene rings is 1. The molecule has 0 heterocycles. The molecule has 4 heteroatoms. The lowest BCUT2D eigenvalue weighted by Gasteiger charge is -2.08. The minimum Gasteiger partial charge on any atom is -0.497 e. The summed E-state index contributed by atoms with van der Waals surface area (Å²) >= 11 is 0. The fraction of sp³-hybridized carbons (Fsp3) is 0.308. The topological polar surface area (TPSA) is 47.6 Å². The molecule has 0 bridgehead atoms. The Morgan fingerprint density at radius 2 is 1.88 bits per heavy atom. The van der Waals surface area contributed by atoms with Crippen molar-refractivity contribution in [2.45, 2.75) is 6.42 Å². The molecule has 0 saturated heterocycles. The van der Waals surface area contributed by atoms with Crippen LogP contribution in [0.15, 0.2) is 18.2 Å². The van der Waals surface area contributed by atoms with Crippen LogP contribution in [-0.4, -0.2) is 26.7 Å². The summed E-state index contributed by atoms with van der Waals surface area (Å²) in [7, 11) is 3.07. The summed E-state index contributed by atoms with van der Waals surface area (Å²) in [4.78, 5) is 11.8. The number of methoxy groups -OCH3 is 2. The predicted octanol–water partition coefficient (Wildman–Crippen LogP) is 1.46. The number of nitrogens with one attached hydrogen (secondary N) is 1. The average Bonchev–Trinajstić information content (AvgIpc) is 2.38. The molecule has 17 heavy (non-hydrogen) atoms. The molecule has 90 valence electrons. The highest BCUT2D eigenvalue weighted by Crippen LogP contribution is 2.22. The molecular weight excluding hydrogens is 218 g/mol. The molecule has 0 aromatic heterocycles. The summed E-state index contributed by atoms with van der Waals surface area (Å²) in [5.41, 5.74) is 0.484. The second kappa shape index (κ2) is 6.44. The summed E-state index contributed by atoms with van der Waals surface area (Å²) in [6, 6.07) is 5.00. The first kappa shape index (κ1) is 12.9. The number of carbonyl (C=O) groups excluding carboxylic acids is 1. The van der Waals surface area contributed by atoms with Gasteiger partial charge < -0.3 is 14.8 Å². The van der Waals surface area contributed by atoms with Gasteiger partial charge in [0, 0.05) is 24.6 Å². The van der Waals surface area contributed by atoms with E-state index in [1.807, 2.05) is 0 Å². The van der Waals surface area contributed by atoms with Crippen LogP contribution in [0.3, 0.4) is 0 Å². The molecule has 0 radical (unpaired) electrons. The maximum atomic E-state index is 11.8. The van der Waals surface area contributed by atoms with Crippen LogP contribution in [-0.2, 0) is 0 Å². The van der Waals surface area contributed by atoms with Crippen molar-refractivity contribution in [2.75, 3.05) is 20.8 Å². The molecule has 0 fully saturated rings. The van der Waals surface area contributed by atoms with E-state index in [0.717, 1.165) is 0 Å². The number of carbonyl (C=O) groups is 1. The summed E-state index contributed by atoms with van der Waals surface area (Å²) < 4.78 is 10.2. The van der Waals surface area contributed by atoms with Gasteiger partial charge in [-0.15, -0.1) is 12.3 Å². The number of amides is 1. The first-order valence-electron chi connectivity index (χ1n) is 5.16. The minimum absolute atomic E-state index is 0.197. The quantitative estimate of drug-likeness (QED) is 0.618. The molecule has 0 atom stereocenters. The van der Waals surface area contributed by atoms with E-state index >= 15 is 0 Å². The van der Waals surface area contributed by atoms with Gasteiger partial charge in [0.05, 0.1) is 14.2 Å². The van der Waals surface area contributed by atoms with Crippen LogP contribution in [0.1, 0.15) is 16.8 Å². The van der Waals surface area contributed by atoms with Gasteiger partial charge in [0.2, 0.25) is 0 Å². The van der Waals surface area contributed by atoms with Crippen molar-refractivity contribution in [3.05, 3.63) is 23.8 Å². The Labute approximate surface area is 101 Å². The van der Waals surface area contributed by atoms with Gasteiger partial charge in [0.15, 0.2) is 0 Å². The van der Waals surface area contributed by atoms with Crippen molar-refractivity contribution >= 4 is 5.91 Å². The molecule has 0 spiro atoms. The fourth-order valence-corrected chi connectivity index (χ4v) is 1.29. The number of rotatable bonds is 5. The largest absolute Gasteiger partial charge is 0.497 e. The summed E-state index contributed by atoms with van der Waals surface area (Å²) in [5, 5.41) is 2.71. The molecule has 1 rings (SSSR count). The lowest BCUT2D eigenvalue weighted by Crippen LogP contribution is -2.24.